The fourth-order valence-corrected chi connectivity index (χ4v) is 1.89. The molecule has 1 N–H and O–H groups in total. The number of hydroxylamine groups is 1. The molecule has 1 aliphatic rings. The molecule has 0 saturated carbocycles. The first-order chi connectivity index (χ1) is 6.25. The Hall–Kier alpha value is -0.160. The van der Waals surface area contributed by atoms with Gasteiger partial charge in [0.2, 0.25) is 0 Å². The molecule has 2 nitrogen and oxygen atoms in total. The Morgan fingerprint density at radius 2 is 2.21 bits per heavy atom. The minimum Gasteiger partial charge on any atom is -0.301 e. The van der Waals surface area contributed by atoms with Gasteiger partial charge in [0.15, 0.2) is 0 Å². The predicted octanol–water partition coefficient (Wildman–Crippen LogP) is 2.98. The summed E-state index contributed by atoms with van der Waals surface area (Å²) in [5, 5.41) is 0. The van der Waals surface area contributed by atoms with Crippen molar-refractivity contribution >= 4 is 28.3 Å². The number of hydrogen-bond donors (Lipinski definition) is 1. The molecule has 1 aliphatic heterocycles. The molecule has 78 valence electrons. The van der Waals surface area contributed by atoms with Gasteiger partial charge >= 0.3 is 0 Å². The number of rotatable bonds is 1. The lowest BCUT2D eigenvalue weighted by Gasteiger charge is -2.08. The third-order valence-electron chi connectivity index (χ3n) is 2.02. The first-order valence-electron chi connectivity index (χ1n) is 4.09. The fourth-order valence-electron chi connectivity index (χ4n) is 1.41. The van der Waals surface area contributed by atoms with E-state index >= 15 is 0 Å². The smallest absolute Gasteiger partial charge is 0.124 e. The van der Waals surface area contributed by atoms with Gasteiger partial charge in [-0.05, 0) is 30.2 Å². The fraction of sp³-hybridized carbons (Fsp3) is 0.333. The Bertz CT molecular complexity index is 297. The number of halogens is 3. The molecule has 0 spiro atoms. The Morgan fingerprint density at radius 1 is 1.43 bits per heavy atom. The van der Waals surface area contributed by atoms with E-state index in [0.717, 1.165) is 16.5 Å². The second kappa shape index (κ2) is 5.07. The molecule has 0 bridgehead atoms. The maximum atomic E-state index is 13.0. The van der Waals surface area contributed by atoms with Gasteiger partial charge in [0.1, 0.15) is 5.82 Å². The third kappa shape index (κ3) is 2.67. The molecule has 1 atom stereocenters. The van der Waals surface area contributed by atoms with Crippen molar-refractivity contribution in [1.82, 2.24) is 5.48 Å². The van der Waals surface area contributed by atoms with Crippen molar-refractivity contribution in [3.63, 3.8) is 0 Å². The number of benzene rings is 1. The van der Waals surface area contributed by atoms with Crippen LogP contribution in [0.1, 0.15) is 18.0 Å². The molecule has 1 heterocycles. The Balaban J connectivity index is 0.000000980. The van der Waals surface area contributed by atoms with Crippen molar-refractivity contribution in [1.29, 1.82) is 0 Å². The molecule has 2 rings (SSSR count). The topological polar surface area (TPSA) is 21.3 Å². The SMILES string of the molecule is Cl.Fc1cc(Br)cc(C2CCON2)c1. The molecule has 1 aromatic carbocycles. The average Bonchev–Trinajstić information content (AvgIpc) is 2.53. The summed E-state index contributed by atoms with van der Waals surface area (Å²) in [5.41, 5.74) is 3.76. The summed E-state index contributed by atoms with van der Waals surface area (Å²) in [6.45, 7) is 0.679. The summed E-state index contributed by atoms with van der Waals surface area (Å²) in [6, 6.07) is 4.98. The van der Waals surface area contributed by atoms with Gasteiger partial charge in [-0.1, -0.05) is 15.9 Å². The summed E-state index contributed by atoms with van der Waals surface area (Å²) in [4.78, 5) is 5.00. The second-order valence-corrected chi connectivity index (χ2v) is 3.93. The van der Waals surface area contributed by atoms with Gasteiger partial charge in [-0.3, -0.25) is 0 Å². The van der Waals surface area contributed by atoms with Gasteiger partial charge in [0.25, 0.3) is 0 Å². The molecule has 14 heavy (non-hydrogen) atoms. The molecule has 1 saturated heterocycles. The molecular formula is C9H10BrClFNO. The van der Waals surface area contributed by atoms with Crippen molar-refractivity contribution in [3.05, 3.63) is 34.1 Å². The van der Waals surface area contributed by atoms with Crippen LogP contribution in [0.25, 0.3) is 0 Å². The lowest BCUT2D eigenvalue weighted by Crippen LogP contribution is -2.11. The van der Waals surface area contributed by atoms with Crippen LogP contribution in [-0.2, 0) is 4.84 Å². The summed E-state index contributed by atoms with van der Waals surface area (Å²) in [7, 11) is 0. The summed E-state index contributed by atoms with van der Waals surface area (Å²) in [5.74, 6) is -0.224. The highest BCUT2D eigenvalue weighted by atomic mass is 79.9. The highest BCUT2D eigenvalue weighted by molar-refractivity contribution is 9.10. The summed E-state index contributed by atoms with van der Waals surface area (Å²) >= 11 is 3.25. The zero-order chi connectivity index (χ0) is 9.26. The lowest BCUT2D eigenvalue weighted by atomic mass is 10.1. The van der Waals surface area contributed by atoms with E-state index in [9.17, 15) is 4.39 Å². The molecule has 0 amide bonds. The van der Waals surface area contributed by atoms with E-state index < -0.39 is 0 Å². The van der Waals surface area contributed by atoms with E-state index in [1.165, 1.54) is 12.1 Å². The van der Waals surface area contributed by atoms with Crippen LogP contribution in [0.15, 0.2) is 22.7 Å². The van der Waals surface area contributed by atoms with E-state index in [2.05, 4.69) is 21.4 Å². The molecule has 1 fully saturated rings. The predicted molar refractivity (Wildman–Crippen MR) is 57.8 cm³/mol. The van der Waals surface area contributed by atoms with Gasteiger partial charge in [-0.15, -0.1) is 12.4 Å². The van der Waals surface area contributed by atoms with E-state index in [0.29, 0.717) is 6.61 Å². The number of hydrogen-bond acceptors (Lipinski definition) is 2. The molecular weight excluding hydrogens is 272 g/mol. The maximum Gasteiger partial charge on any atom is 0.124 e. The van der Waals surface area contributed by atoms with Crippen LogP contribution in [0.2, 0.25) is 0 Å². The Kier molecular flexibility index (Phi) is 4.31. The lowest BCUT2D eigenvalue weighted by molar-refractivity contribution is 0.0882. The van der Waals surface area contributed by atoms with Crippen molar-refractivity contribution < 1.29 is 9.23 Å². The summed E-state index contributed by atoms with van der Waals surface area (Å²) in [6.07, 6.45) is 0.885. The molecule has 0 radical (unpaired) electrons. The number of nitrogens with one attached hydrogen (secondary N) is 1. The van der Waals surface area contributed by atoms with E-state index in [-0.39, 0.29) is 24.3 Å². The minimum absolute atomic E-state index is 0. The average molecular weight is 283 g/mol. The first-order valence-corrected chi connectivity index (χ1v) is 4.88. The quantitative estimate of drug-likeness (QED) is 0.855. The van der Waals surface area contributed by atoms with Crippen molar-refractivity contribution in [2.45, 2.75) is 12.5 Å². The van der Waals surface area contributed by atoms with Crippen LogP contribution in [-0.4, -0.2) is 6.61 Å². The molecule has 0 aromatic heterocycles. The molecule has 1 aromatic rings. The zero-order valence-electron chi connectivity index (χ0n) is 7.30. The monoisotopic (exact) mass is 281 g/mol. The highest BCUT2D eigenvalue weighted by Crippen LogP contribution is 2.24. The largest absolute Gasteiger partial charge is 0.301 e. The molecule has 1 unspecified atom stereocenters. The van der Waals surface area contributed by atoms with Crippen molar-refractivity contribution in [3.8, 4) is 0 Å². The summed E-state index contributed by atoms with van der Waals surface area (Å²) < 4.78 is 13.7. The van der Waals surface area contributed by atoms with E-state index in [1.54, 1.807) is 0 Å². The second-order valence-electron chi connectivity index (χ2n) is 3.01. The van der Waals surface area contributed by atoms with Gasteiger partial charge in [0, 0.05) is 4.47 Å². The third-order valence-corrected chi connectivity index (χ3v) is 2.48. The first kappa shape index (κ1) is 11.9. The van der Waals surface area contributed by atoms with Crippen molar-refractivity contribution in [2.75, 3.05) is 6.61 Å². The van der Waals surface area contributed by atoms with Crippen LogP contribution in [0, 0.1) is 5.82 Å². The molecule has 0 aliphatic carbocycles. The zero-order valence-corrected chi connectivity index (χ0v) is 9.70. The van der Waals surface area contributed by atoms with Crippen LogP contribution in [0.3, 0.4) is 0 Å². The van der Waals surface area contributed by atoms with E-state index in [1.807, 2.05) is 6.07 Å². The van der Waals surface area contributed by atoms with Crippen LogP contribution >= 0.6 is 28.3 Å². The Labute approximate surface area is 96.3 Å². The Morgan fingerprint density at radius 3 is 2.79 bits per heavy atom. The van der Waals surface area contributed by atoms with E-state index in [4.69, 9.17) is 4.84 Å². The highest BCUT2D eigenvalue weighted by Gasteiger charge is 2.17. The van der Waals surface area contributed by atoms with Crippen LogP contribution in [0.5, 0.6) is 0 Å². The van der Waals surface area contributed by atoms with Crippen molar-refractivity contribution in [2.24, 2.45) is 0 Å². The maximum absolute atomic E-state index is 13.0. The van der Waals surface area contributed by atoms with Gasteiger partial charge in [0.05, 0.1) is 12.6 Å². The molecule has 5 heteroatoms. The van der Waals surface area contributed by atoms with Gasteiger partial charge in [-0.2, -0.15) is 5.48 Å². The van der Waals surface area contributed by atoms with Gasteiger partial charge < -0.3 is 4.84 Å². The van der Waals surface area contributed by atoms with Crippen LogP contribution in [0.4, 0.5) is 4.39 Å². The standard InChI is InChI=1S/C9H9BrFNO.ClH/c10-7-3-6(4-8(11)5-7)9-1-2-13-12-9;/h3-5,9,12H,1-2H2;1H. The normalized spacial score (nSPS) is 20.6. The minimum atomic E-state index is -0.224. The van der Waals surface area contributed by atoms with Crippen LogP contribution < -0.4 is 5.48 Å². The van der Waals surface area contributed by atoms with Gasteiger partial charge in [-0.25, -0.2) is 4.39 Å².